The molecule has 3 unspecified atom stereocenters. The van der Waals surface area contributed by atoms with Crippen molar-refractivity contribution >= 4 is 21.8 Å². The second kappa shape index (κ2) is 8.27. The van der Waals surface area contributed by atoms with E-state index in [-0.39, 0.29) is 24.0 Å². The summed E-state index contributed by atoms with van der Waals surface area (Å²) in [4.78, 5) is 12.4. The average molecular weight is 375 g/mol. The van der Waals surface area contributed by atoms with Gasteiger partial charge < -0.3 is 5.32 Å². The second-order valence-corrected chi connectivity index (χ2v) is 6.63. The van der Waals surface area contributed by atoms with Crippen LogP contribution in [0.2, 0.25) is 0 Å². The van der Waals surface area contributed by atoms with Gasteiger partial charge in [0.2, 0.25) is 5.91 Å². The predicted octanol–water partition coefficient (Wildman–Crippen LogP) is 4.37. The smallest absolute Gasteiger partial charge is 0.237 e. The Labute approximate surface area is 146 Å². The number of hydrogen-bond donors (Lipinski definition) is 2. The molecule has 0 saturated carbocycles. The molecule has 0 fully saturated rings. The Morgan fingerprint density at radius 3 is 2.17 bits per heavy atom. The lowest BCUT2D eigenvalue weighted by molar-refractivity contribution is -0.123. The zero-order valence-corrected chi connectivity index (χ0v) is 15.3. The molecule has 2 aromatic carbocycles. The third-order valence-electron chi connectivity index (χ3n) is 3.92. The Hall–Kier alpha value is -1.65. The van der Waals surface area contributed by atoms with Crippen LogP contribution >= 0.6 is 15.9 Å². The highest BCUT2D eigenvalue weighted by atomic mass is 79.9. The first kappa shape index (κ1) is 17.7. The molecule has 2 rings (SSSR count). The maximum Gasteiger partial charge on any atom is 0.237 e. The van der Waals surface area contributed by atoms with Crippen LogP contribution in [0, 0.1) is 0 Å². The molecule has 2 aromatic rings. The maximum atomic E-state index is 12.4. The van der Waals surface area contributed by atoms with Gasteiger partial charge in [0.05, 0.1) is 12.1 Å². The molecule has 0 aliphatic heterocycles. The molecule has 0 aliphatic carbocycles. The van der Waals surface area contributed by atoms with Crippen LogP contribution < -0.4 is 10.6 Å². The van der Waals surface area contributed by atoms with Gasteiger partial charge in [-0.25, -0.2) is 0 Å². The van der Waals surface area contributed by atoms with Crippen molar-refractivity contribution in [2.45, 2.75) is 38.9 Å². The summed E-state index contributed by atoms with van der Waals surface area (Å²) in [6.45, 7) is 5.95. The van der Waals surface area contributed by atoms with Crippen molar-refractivity contribution in [2.24, 2.45) is 0 Å². The third kappa shape index (κ3) is 4.91. The highest BCUT2D eigenvalue weighted by Crippen LogP contribution is 2.23. The van der Waals surface area contributed by atoms with Gasteiger partial charge in [-0.05, 0) is 38.0 Å². The fourth-order valence-electron chi connectivity index (χ4n) is 2.53. The van der Waals surface area contributed by atoms with Gasteiger partial charge in [0.25, 0.3) is 0 Å². The van der Waals surface area contributed by atoms with Crippen LogP contribution in [0.25, 0.3) is 0 Å². The molecule has 0 spiro atoms. The van der Waals surface area contributed by atoms with E-state index in [1.165, 1.54) is 0 Å². The van der Waals surface area contributed by atoms with Gasteiger partial charge in [-0.1, -0.05) is 64.5 Å². The molecule has 2 N–H and O–H groups in total. The molecular formula is C19H23BrN2O. The Morgan fingerprint density at radius 2 is 1.52 bits per heavy atom. The van der Waals surface area contributed by atoms with Gasteiger partial charge in [-0.3, -0.25) is 10.1 Å². The average Bonchev–Trinajstić information content (AvgIpc) is 2.55. The monoisotopic (exact) mass is 374 g/mol. The van der Waals surface area contributed by atoms with Crippen LogP contribution in [-0.2, 0) is 4.79 Å². The normalized spacial score (nSPS) is 14.8. The highest BCUT2D eigenvalue weighted by Gasteiger charge is 2.19. The molecule has 122 valence electrons. The fourth-order valence-corrected chi connectivity index (χ4v) is 3.16. The van der Waals surface area contributed by atoms with Crippen LogP contribution in [0.5, 0.6) is 0 Å². The summed E-state index contributed by atoms with van der Waals surface area (Å²) in [5.41, 5.74) is 2.25. The van der Waals surface area contributed by atoms with E-state index in [1.54, 1.807) is 0 Å². The molecule has 4 heteroatoms. The minimum atomic E-state index is -0.275. The quantitative estimate of drug-likeness (QED) is 0.788. The van der Waals surface area contributed by atoms with E-state index in [1.807, 2.05) is 62.4 Å². The summed E-state index contributed by atoms with van der Waals surface area (Å²) in [5.74, 6) is 0.000238. The van der Waals surface area contributed by atoms with Gasteiger partial charge in [-0.2, -0.15) is 0 Å². The third-order valence-corrected chi connectivity index (χ3v) is 4.65. The topological polar surface area (TPSA) is 41.1 Å². The number of halogens is 1. The molecule has 0 aliphatic rings. The molecule has 3 atom stereocenters. The first-order valence-electron chi connectivity index (χ1n) is 7.85. The van der Waals surface area contributed by atoms with Crippen LogP contribution in [0.3, 0.4) is 0 Å². The molecular weight excluding hydrogens is 352 g/mol. The summed E-state index contributed by atoms with van der Waals surface area (Å²) < 4.78 is 1.05. The van der Waals surface area contributed by atoms with Gasteiger partial charge in [0.1, 0.15) is 0 Å². The van der Waals surface area contributed by atoms with Crippen molar-refractivity contribution in [3.63, 3.8) is 0 Å². The molecule has 0 bridgehead atoms. The summed E-state index contributed by atoms with van der Waals surface area (Å²) in [6.07, 6.45) is 0. The van der Waals surface area contributed by atoms with Crippen molar-refractivity contribution in [3.8, 4) is 0 Å². The number of carbonyl (C=O) groups is 1. The van der Waals surface area contributed by atoms with Crippen molar-refractivity contribution in [1.82, 2.24) is 10.6 Å². The number of hydrogen-bond acceptors (Lipinski definition) is 2. The van der Waals surface area contributed by atoms with Crippen LogP contribution in [0.4, 0.5) is 0 Å². The molecule has 0 aromatic heterocycles. The molecule has 0 saturated heterocycles. The molecule has 1 amide bonds. The van der Waals surface area contributed by atoms with E-state index >= 15 is 0 Å². The van der Waals surface area contributed by atoms with E-state index in [2.05, 4.69) is 39.6 Å². The van der Waals surface area contributed by atoms with Crippen molar-refractivity contribution in [2.75, 3.05) is 0 Å². The molecule has 0 heterocycles. The Kier molecular flexibility index (Phi) is 6.37. The number of benzene rings is 2. The molecule has 3 nitrogen and oxygen atoms in total. The first-order chi connectivity index (χ1) is 11.0. The first-order valence-corrected chi connectivity index (χ1v) is 8.64. The minimum absolute atomic E-state index is 0.000238. The lowest BCUT2D eigenvalue weighted by Gasteiger charge is -2.23. The Balaban J connectivity index is 1.94. The zero-order valence-electron chi connectivity index (χ0n) is 13.7. The SMILES string of the molecule is CC(NC(C)c1ccccc1Br)C(=O)NC(C)c1ccccc1. The predicted molar refractivity (Wildman–Crippen MR) is 98.2 cm³/mol. The molecule has 0 radical (unpaired) electrons. The maximum absolute atomic E-state index is 12.4. The van der Waals surface area contributed by atoms with E-state index in [4.69, 9.17) is 0 Å². The van der Waals surface area contributed by atoms with Crippen molar-refractivity contribution < 1.29 is 4.79 Å². The highest BCUT2D eigenvalue weighted by molar-refractivity contribution is 9.10. The van der Waals surface area contributed by atoms with Crippen LogP contribution in [0.1, 0.15) is 44.0 Å². The second-order valence-electron chi connectivity index (χ2n) is 5.77. The Bertz CT molecular complexity index is 645. The largest absolute Gasteiger partial charge is 0.348 e. The van der Waals surface area contributed by atoms with Crippen LogP contribution in [0.15, 0.2) is 59.1 Å². The summed E-state index contributed by atoms with van der Waals surface area (Å²) >= 11 is 3.55. The van der Waals surface area contributed by atoms with Crippen molar-refractivity contribution in [1.29, 1.82) is 0 Å². The number of rotatable bonds is 6. The van der Waals surface area contributed by atoms with E-state index in [9.17, 15) is 4.79 Å². The summed E-state index contributed by atoms with van der Waals surface area (Å²) in [7, 11) is 0. The van der Waals surface area contributed by atoms with E-state index in [0.717, 1.165) is 15.6 Å². The number of carbonyl (C=O) groups excluding carboxylic acids is 1. The van der Waals surface area contributed by atoms with Gasteiger partial charge >= 0.3 is 0 Å². The summed E-state index contributed by atoms with van der Waals surface area (Å²) in [6, 6.07) is 17.8. The zero-order chi connectivity index (χ0) is 16.8. The van der Waals surface area contributed by atoms with E-state index < -0.39 is 0 Å². The van der Waals surface area contributed by atoms with Crippen molar-refractivity contribution in [3.05, 3.63) is 70.2 Å². The number of nitrogens with one attached hydrogen (secondary N) is 2. The van der Waals surface area contributed by atoms with Gasteiger partial charge in [0.15, 0.2) is 0 Å². The standard InChI is InChI=1S/C19H23BrN2O/c1-13(16-9-5-4-6-10-16)22-19(23)15(3)21-14(2)17-11-7-8-12-18(17)20/h4-15,21H,1-3H3,(H,22,23). The Morgan fingerprint density at radius 1 is 0.913 bits per heavy atom. The fraction of sp³-hybridized carbons (Fsp3) is 0.316. The number of amides is 1. The summed E-state index contributed by atoms with van der Waals surface area (Å²) in [5, 5.41) is 6.41. The van der Waals surface area contributed by atoms with Gasteiger partial charge in [-0.15, -0.1) is 0 Å². The minimum Gasteiger partial charge on any atom is -0.348 e. The molecule has 23 heavy (non-hydrogen) atoms. The van der Waals surface area contributed by atoms with E-state index in [0.29, 0.717) is 0 Å². The van der Waals surface area contributed by atoms with Crippen LogP contribution in [-0.4, -0.2) is 11.9 Å². The lowest BCUT2D eigenvalue weighted by Crippen LogP contribution is -2.43. The van der Waals surface area contributed by atoms with Gasteiger partial charge in [0, 0.05) is 10.5 Å². The lowest BCUT2D eigenvalue weighted by atomic mass is 10.1.